The molecular formula is C25H26FN3O7. The molecule has 0 aliphatic carbocycles. The lowest BCUT2D eigenvalue weighted by atomic mass is 10.1. The van der Waals surface area contributed by atoms with Crippen LogP contribution in [0.1, 0.15) is 23.0 Å². The highest BCUT2D eigenvalue weighted by molar-refractivity contribution is 5.90. The molecule has 0 radical (unpaired) electrons. The Balaban J connectivity index is 1.67. The minimum atomic E-state index is -0.836. The van der Waals surface area contributed by atoms with Crippen molar-refractivity contribution in [1.82, 2.24) is 15.1 Å². The van der Waals surface area contributed by atoms with E-state index in [9.17, 15) is 18.8 Å². The SMILES string of the molecule is CCOC(=O)c1nn(-c2ccc(F)cc2)c(=O)cc1OCC(=O)NCCc1ccc(OC)c(OC)c1. The van der Waals surface area contributed by atoms with Crippen LogP contribution in [0, 0.1) is 5.82 Å². The van der Waals surface area contributed by atoms with Crippen LogP contribution in [-0.2, 0) is 16.0 Å². The number of nitrogens with one attached hydrogen (secondary N) is 1. The molecule has 2 aromatic carbocycles. The number of rotatable bonds is 11. The van der Waals surface area contributed by atoms with Crippen molar-refractivity contribution in [2.75, 3.05) is 34.0 Å². The largest absolute Gasteiger partial charge is 0.493 e. The van der Waals surface area contributed by atoms with Crippen molar-refractivity contribution >= 4 is 11.9 Å². The first-order valence-corrected chi connectivity index (χ1v) is 11.0. The highest BCUT2D eigenvalue weighted by atomic mass is 19.1. The van der Waals surface area contributed by atoms with Gasteiger partial charge in [-0.25, -0.2) is 9.18 Å². The molecule has 1 aromatic heterocycles. The van der Waals surface area contributed by atoms with E-state index in [2.05, 4.69) is 10.4 Å². The van der Waals surface area contributed by atoms with Gasteiger partial charge in [0, 0.05) is 6.54 Å². The number of esters is 1. The Labute approximate surface area is 206 Å². The van der Waals surface area contributed by atoms with E-state index in [1.807, 2.05) is 12.1 Å². The number of hydrogen-bond acceptors (Lipinski definition) is 8. The fourth-order valence-corrected chi connectivity index (χ4v) is 3.24. The molecule has 0 saturated carbocycles. The van der Waals surface area contributed by atoms with Crippen LogP contribution >= 0.6 is 0 Å². The van der Waals surface area contributed by atoms with E-state index in [0.29, 0.717) is 24.5 Å². The fraction of sp³-hybridized carbons (Fsp3) is 0.280. The van der Waals surface area contributed by atoms with Crippen LogP contribution in [0.5, 0.6) is 17.2 Å². The fourth-order valence-electron chi connectivity index (χ4n) is 3.24. The number of aromatic nitrogens is 2. The maximum Gasteiger partial charge on any atom is 0.362 e. The summed E-state index contributed by atoms with van der Waals surface area (Å²) in [6.07, 6.45) is 0.523. The van der Waals surface area contributed by atoms with Crippen molar-refractivity contribution in [3.8, 4) is 22.9 Å². The highest BCUT2D eigenvalue weighted by Crippen LogP contribution is 2.27. The molecule has 0 aliphatic heterocycles. The summed E-state index contributed by atoms with van der Waals surface area (Å²) in [5, 5.41) is 6.74. The average molecular weight is 499 g/mol. The van der Waals surface area contributed by atoms with Gasteiger partial charge in [-0.05, 0) is 55.3 Å². The van der Waals surface area contributed by atoms with Gasteiger partial charge in [0.25, 0.3) is 11.5 Å². The number of methoxy groups -OCH3 is 2. The van der Waals surface area contributed by atoms with Gasteiger partial charge in [0.2, 0.25) is 5.69 Å². The lowest BCUT2D eigenvalue weighted by Crippen LogP contribution is -2.32. The van der Waals surface area contributed by atoms with Crippen molar-refractivity contribution in [2.24, 2.45) is 0 Å². The first-order valence-electron chi connectivity index (χ1n) is 11.0. The molecule has 3 aromatic rings. The second kappa shape index (κ2) is 12.3. The zero-order valence-corrected chi connectivity index (χ0v) is 20.1. The van der Waals surface area contributed by atoms with E-state index in [1.54, 1.807) is 20.1 Å². The van der Waals surface area contributed by atoms with Gasteiger partial charge in [-0.15, -0.1) is 0 Å². The molecule has 190 valence electrons. The molecule has 1 amide bonds. The molecule has 0 saturated heterocycles. The van der Waals surface area contributed by atoms with Gasteiger partial charge < -0.3 is 24.3 Å². The van der Waals surface area contributed by atoms with E-state index in [1.165, 1.54) is 19.2 Å². The lowest BCUT2D eigenvalue weighted by molar-refractivity contribution is -0.123. The van der Waals surface area contributed by atoms with Crippen LogP contribution < -0.4 is 25.1 Å². The highest BCUT2D eigenvalue weighted by Gasteiger charge is 2.20. The average Bonchev–Trinajstić information content (AvgIpc) is 2.88. The second-order valence-corrected chi connectivity index (χ2v) is 7.38. The molecule has 11 heteroatoms. The summed E-state index contributed by atoms with van der Waals surface area (Å²) < 4.78 is 35.1. The summed E-state index contributed by atoms with van der Waals surface area (Å²) in [6.45, 7) is 1.53. The summed E-state index contributed by atoms with van der Waals surface area (Å²) in [5.41, 5.74) is 0.232. The summed E-state index contributed by atoms with van der Waals surface area (Å²) in [6, 6.07) is 11.5. The Hall–Kier alpha value is -4.41. The Bertz CT molecular complexity index is 1280. The molecule has 0 spiro atoms. The second-order valence-electron chi connectivity index (χ2n) is 7.38. The summed E-state index contributed by atoms with van der Waals surface area (Å²) in [5.74, 6) is -0.809. The number of nitrogens with zero attached hydrogens (tertiary/aromatic N) is 2. The van der Waals surface area contributed by atoms with Crippen LogP contribution in [0.25, 0.3) is 5.69 Å². The Morgan fingerprint density at radius 3 is 2.39 bits per heavy atom. The predicted molar refractivity (Wildman–Crippen MR) is 128 cm³/mol. The molecule has 0 atom stereocenters. The molecule has 0 aliphatic rings. The minimum absolute atomic E-state index is 0.0618. The molecular weight excluding hydrogens is 473 g/mol. The predicted octanol–water partition coefficient (Wildman–Crippen LogP) is 2.30. The van der Waals surface area contributed by atoms with Gasteiger partial charge >= 0.3 is 5.97 Å². The standard InChI is InChI=1S/C25H26FN3O7/c1-4-35-25(32)24-21(14-23(31)29(28-24)18-8-6-17(26)7-9-18)36-15-22(30)27-12-11-16-5-10-19(33-2)20(13-16)34-3/h5-10,13-14H,4,11-12,15H2,1-3H3,(H,27,30). The number of ether oxygens (including phenoxy) is 4. The van der Waals surface area contributed by atoms with Gasteiger partial charge in [0.05, 0.1) is 32.6 Å². The molecule has 0 unspecified atom stereocenters. The number of carbonyl (C=O) groups excluding carboxylic acids is 2. The number of hydrogen-bond donors (Lipinski definition) is 1. The third-order valence-corrected chi connectivity index (χ3v) is 4.98. The molecule has 0 bridgehead atoms. The van der Waals surface area contributed by atoms with Crippen LogP contribution in [0.4, 0.5) is 4.39 Å². The van der Waals surface area contributed by atoms with E-state index < -0.39 is 29.9 Å². The topological polar surface area (TPSA) is 118 Å². The van der Waals surface area contributed by atoms with Gasteiger partial charge in [-0.2, -0.15) is 9.78 Å². The molecule has 36 heavy (non-hydrogen) atoms. The van der Waals surface area contributed by atoms with Crippen LogP contribution in [0.15, 0.2) is 53.3 Å². The van der Waals surface area contributed by atoms with E-state index in [4.69, 9.17) is 18.9 Å². The number of carbonyl (C=O) groups is 2. The molecule has 0 fully saturated rings. The first kappa shape index (κ1) is 26.2. The van der Waals surface area contributed by atoms with Crippen molar-refractivity contribution < 1.29 is 32.9 Å². The van der Waals surface area contributed by atoms with E-state index >= 15 is 0 Å². The van der Waals surface area contributed by atoms with Gasteiger partial charge in [-0.3, -0.25) is 9.59 Å². The monoisotopic (exact) mass is 499 g/mol. The number of benzene rings is 2. The first-order chi connectivity index (χ1) is 17.4. The molecule has 1 N–H and O–H groups in total. The maximum absolute atomic E-state index is 13.3. The van der Waals surface area contributed by atoms with Crippen LogP contribution in [0.3, 0.4) is 0 Å². The smallest absolute Gasteiger partial charge is 0.362 e. The van der Waals surface area contributed by atoms with Crippen LogP contribution in [-0.4, -0.2) is 55.6 Å². The van der Waals surface area contributed by atoms with Crippen molar-refractivity contribution in [3.05, 3.63) is 76.0 Å². The van der Waals surface area contributed by atoms with E-state index in [0.717, 1.165) is 28.4 Å². The Morgan fingerprint density at radius 1 is 1.00 bits per heavy atom. The lowest BCUT2D eigenvalue weighted by Gasteiger charge is -2.13. The van der Waals surface area contributed by atoms with Crippen molar-refractivity contribution in [1.29, 1.82) is 0 Å². The number of amides is 1. The molecule has 3 rings (SSSR count). The number of halogens is 1. The molecule has 1 heterocycles. The zero-order chi connectivity index (χ0) is 26.1. The van der Waals surface area contributed by atoms with Gasteiger partial charge in [-0.1, -0.05) is 6.07 Å². The maximum atomic E-state index is 13.3. The summed E-state index contributed by atoms with van der Waals surface area (Å²) in [7, 11) is 3.09. The van der Waals surface area contributed by atoms with Gasteiger partial charge in [0.15, 0.2) is 23.9 Å². The quantitative estimate of drug-likeness (QED) is 0.400. The van der Waals surface area contributed by atoms with Crippen LogP contribution in [0.2, 0.25) is 0 Å². The van der Waals surface area contributed by atoms with Crippen molar-refractivity contribution in [2.45, 2.75) is 13.3 Å². The molecule has 10 nitrogen and oxygen atoms in total. The normalized spacial score (nSPS) is 10.4. The minimum Gasteiger partial charge on any atom is -0.493 e. The van der Waals surface area contributed by atoms with Gasteiger partial charge in [0.1, 0.15) is 5.82 Å². The van der Waals surface area contributed by atoms with Crippen molar-refractivity contribution in [3.63, 3.8) is 0 Å². The Morgan fingerprint density at radius 2 is 1.72 bits per heavy atom. The van der Waals surface area contributed by atoms with E-state index in [-0.39, 0.29) is 23.7 Å². The Kier molecular flexibility index (Phi) is 8.98. The summed E-state index contributed by atoms with van der Waals surface area (Å²) in [4.78, 5) is 37.3. The zero-order valence-electron chi connectivity index (χ0n) is 20.1. The third-order valence-electron chi connectivity index (χ3n) is 4.98. The third kappa shape index (κ3) is 6.59. The summed E-state index contributed by atoms with van der Waals surface area (Å²) >= 11 is 0.